The average Bonchev–Trinajstić information content (AvgIpc) is 2.99. The van der Waals surface area contributed by atoms with E-state index in [2.05, 4.69) is 19.6 Å². The minimum atomic E-state index is -4.75. The third kappa shape index (κ3) is 3.14. The Morgan fingerprint density at radius 2 is 2.04 bits per heavy atom. The van der Waals surface area contributed by atoms with Crippen LogP contribution in [0.2, 0.25) is 0 Å². The number of nitrogens with one attached hydrogen (secondary N) is 1. The van der Waals surface area contributed by atoms with Crippen LogP contribution in [0.25, 0.3) is 11.4 Å². The van der Waals surface area contributed by atoms with Gasteiger partial charge in [0, 0.05) is 29.4 Å². The molecule has 0 aliphatic rings. The van der Waals surface area contributed by atoms with E-state index in [9.17, 15) is 18.0 Å². The maximum absolute atomic E-state index is 12.6. The van der Waals surface area contributed by atoms with E-state index in [1.807, 2.05) is 0 Å². The summed E-state index contributed by atoms with van der Waals surface area (Å²) in [5.41, 5.74) is 6.88. The molecule has 0 fully saturated rings. The number of anilines is 1. The Kier molecular flexibility index (Phi) is 3.84. The first-order valence-electron chi connectivity index (χ1n) is 6.81. The normalized spacial score (nSPS) is 11.6. The molecule has 0 atom stereocenters. The number of benzene rings is 1. The van der Waals surface area contributed by atoms with Crippen LogP contribution in [0.15, 0.2) is 45.8 Å². The van der Waals surface area contributed by atoms with Gasteiger partial charge in [0.05, 0.1) is 0 Å². The molecule has 0 amide bonds. The summed E-state index contributed by atoms with van der Waals surface area (Å²) >= 11 is 0. The Morgan fingerprint density at radius 3 is 2.71 bits per heavy atom. The quantitative estimate of drug-likeness (QED) is 0.717. The molecule has 2 aromatic heterocycles. The van der Waals surface area contributed by atoms with Crippen molar-refractivity contribution in [2.24, 2.45) is 0 Å². The van der Waals surface area contributed by atoms with Crippen molar-refractivity contribution in [2.45, 2.75) is 12.6 Å². The molecule has 6 nitrogen and oxygen atoms in total. The Bertz CT molecular complexity index is 931. The summed E-state index contributed by atoms with van der Waals surface area (Å²) < 4.78 is 42.1. The van der Waals surface area contributed by atoms with Crippen molar-refractivity contribution in [1.82, 2.24) is 15.1 Å². The van der Waals surface area contributed by atoms with E-state index in [4.69, 9.17) is 5.73 Å². The second-order valence-electron chi connectivity index (χ2n) is 5.04. The van der Waals surface area contributed by atoms with Gasteiger partial charge in [0.15, 0.2) is 0 Å². The summed E-state index contributed by atoms with van der Waals surface area (Å²) in [5, 5.41) is 3.33. The van der Waals surface area contributed by atoms with Gasteiger partial charge in [-0.1, -0.05) is 17.3 Å². The number of halogens is 3. The number of pyridine rings is 1. The minimum Gasteiger partial charge on any atom is -0.399 e. The van der Waals surface area contributed by atoms with Crippen LogP contribution >= 0.6 is 0 Å². The van der Waals surface area contributed by atoms with Crippen LogP contribution in [0.4, 0.5) is 18.9 Å². The van der Waals surface area contributed by atoms with Gasteiger partial charge in [0.1, 0.15) is 0 Å². The number of alkyl halides is 3. The molecule has 3 aromatic rings. The maximum Gasteiger partial charge on any atom is 0.471 e. The molecule has 0 unspecified atom stereocenters. The van der Waals surface area contributed by atoms with Crippen molar-refractivity contribution in [3.63, 3.8) is 0 Å². The Balaban J connectivity index is 2.05. The number of aromatic amines is 1. The van der Waals surface area contributed by atoms with Gasteiger partial charge in [-0.2, -0.15) is 18.2 Å². The van der Waals surface area contributed by atoms with Gasteiger partial charge in [0.2, 0.25) is 5.82 Å². The highest BCUT2D eigenvalue weighted by molar-refractivity contribution is 5.60. The van der Waals surface area contributed by atoms with E-state index in [0.29, 0.717) is 5.69 Å². The van der Waals surface area contributed by atoms with Crippen LogP contribution in [0.1, 0.15) is 17.0 Å². The number of hydrogen-bond acceptors (Lipinski definition) is 5. The molecular weight excluding hydrogens is 325 g/mol. The zero-order valence-electron chi connectivity index (χ0n) is 12.1. The SMILES string of the molecule is Nc1cccc(Cc2c(-c3noc(C(F)(F)F)n3)cc[nH]c2=O)c1. The molecular formula is C15H11F3N4O2. The highest BCUT2D eigenvalue weighted by atomic mass is 19.4. The minimum absolute atomic E-state index is 0.159. The molecule has 3 N–H and O–H groups in total. The molecule has 9 heteroatoms. The van der Waals surface area contributed by atoms with E-state index in [1.54, 1.807) is 24.3 Å². The highest BCUT2D eigenvalue weighted by Crippen LogP contribution is 2.30. The summed E-state index contributed by atoms with van der Waals surface area (Å²) in [6.45, 7) is 0. The first-order chi connectivity index (χ1) is 11.3. The van der Waals surface area contributed by atoms with Gasteiger partial charge in [-0.3, -0.25) is 4.79 Å². The van der Waals surface area contributed by atoms with E-state index in [-0.39, 0.29) is 23.4 Å². The Hall–Kier alpha value is -3.10. The lowest BCUT2D eigenvalue weighted by atomic mass is 10.0. The van der Waals surface area contributed by atoms with Gasteiger partial charge < -0.3 is 15.2 Å². The van der Waals surface area contributed by atoms with Gasteiger partial charge in [-0.15, -0.1) is 0 Å². The highest BCUT2D eigenvalue weighted by Gasteiger charge is 2.38. The van der Waals surface area contributed by atoms with Crippen LogP contribution in [-0.2, 0) is 12.6 Å². The zero-order valence-corrected chi connectivity index (χ0v) is 12.1. The van der Waals surface area contributed by atoms with Crippen LogP contribution < -0.4 is 11.3 Å². The number of nitrogens with zero attached hydrogens (tertiary/aromatic N) is 2. The molecule has 0 spiro atoms. The lowest BCUT2D eigenvalue weighted by Gasteiger charge is -2.06. The molecule has 0 radical (unpaired) electrons. The molecule has 3 rings (SSSR count). The largest absolute Gasteiger partial charge is 0.471 e. The van der Waals surface area contributed by atoms with Crippen molar-refractivity contribution in [1.29, 1.82) is 0 Å². The molecule has 0 bridgehead atoms. The van der Waals surface area contributed by atoms with Crippen molar-refractivity contribution in [3.8, 4) is 11.4 Å². The van der Waals surface area contributed by atoms with Gasteiger partial charge >= 0.3 is 12.1 Å². The first kappa shape index (κ1) is 15.8. The fourth-order valence-corrected chi connectivity index (χ4v) is 2.25. The first-order valence-corrected chi connectivity index (χ1v) is 6.81. The lowest BCUT2D eigenvalue weighted by molar-refractivity contribution is -0.159. The summed E-state index contributed by atoms with van der Waals surface area (Å²) in [6.07, 6.45) is -3.28. The van der Waals surface area contributed by atoms with E-state index in [0.717, 1.165) is 5.56 Å². The number of nitrogen functional groups attached to an aromatic ring is 1. The average molecular weight is 336 g/mol. The lowest BCUT2D eigenvalue weighted by Crippen LogP contribution is -2.14. The van der Waals surface area contributed by atoms with Gasteiger partial charge in [0.25, 0.3) is 5.56 Å². The number of H-pyrrole nitrogens is 1. The molecule has 0 saturated heterocycles. The third-order valence-electron chi connectivity index (χ3n) is 3.31. The van der Waals surface area contributed by atoms with Crippen LogP contribution in [0.5, 0.6) is 0 Å². The predicted molar refractivity (Wildman–Crippen MR) is 79.0 cm³/mol. The Morgan fingerprint density at radius 1 is 1.25 bits per heavy atom. The monoisotopic (exact) mass is 336 g/mol. The summed E-state index contributed by atoms with van der Waals surface area (Å²) in [6, 6.07) is 8.26. The van der Waals surface area contributed by atoms with Crippen LogP contribution in [0, 0.1) is 0 Å². The van der Waals surface area contributed by atoms with Crippen LogP contribution in [0.3, 0.4) is 0 Å². The number of aromatic nitrogens is 3. The molecule has 0 aliphatic carbocycles. The van der Waals surface area contributed by atoms with Crippen LogP contribution in [-0.4, -0.2) is 15.1 Å². The Labute approximate surface area is 133 Å². The molecule has 0 saturated carbocycles. The molecule has 2 heterocycles. The summed E-state index contributed by atoms with van der Waals surface area (Å²) in [4.78, 5) is 17.9. The van der Waals surface area contributed by atoms with Crippen molar-refractivity contribution in [3.05, 3.63) is 63.9 Å². The molecule has 124 valence electrons. The number of hydrogen-bond donors (Lipinski definition) is 2. The fourth-order valence-electron chi connectivity index (χ4n) is 2.25. The maximum atomic E-state index is 12.6. The summed E-state index contributed by atoms with van der Waals surface area (Å²) in [5.74, 6) is -1.76. The molecule has 1 aromatic carbocycles. The van der Waals surface area contributed by atoms with E-state index in [1.165, 1.54) is 12.3 Å². The fraction of sp³-hybridized carbons (Fsp3) is 0.133. The second kappa shape index (κ2) is 5.84. The smallest absolute Gasteiger partial charge is 0.399 e. The summed E-state index contributed by atoms with van der Waals surface area (Å²) in [7, 11) is 0. The van der Waals surface area contributed by atoms with E-state index >= 15 is 0 Å². The predicted octanol–water partition coefficient (Wildman–Crippen LogP) is 2.62. The standard InChI is InChI=1S/C15H11F3N4O2/c16-15(17,18)14-21-12(22-24-14)10-4-5-20-13(23)11(10)7-8-2-1-3-9(19)6-8/h1-6H,7,19H2,(H,20,23). The molecule has 0 aliphatic heterocycles. The van der Waals surface area contributed by atoms with Crippen molar-refractivity contribution in [2.75, 3.05) is 5.73 Å². The van der Waals surface area contributed by atoms with Crippen molar-refractivity contribution < 1.29 is 17.7 Å². The topological polar surface area (TPSA) is 97.8 Å². The van der Waals surface area contributed by atoms with Crippen molar-refractivity contribution >= 4 is 5.69 Å². The van der Waals surface area contributed by atoms with Gasteiger partial charge in [-0.25, -0.2) is 0 Å². The van der Waals surface area contributed by atoms with E-state index < -0.39 is 17.6 Å². The second-order valence-corrected chi connectivity index (χ2v) is 5.04. The molecule has 24 heavy (non-hydrogen) atoms. The zero-order chi connectivity index (χ0) is 17.3. The number of nitrogens with two attached hydrogens (primary N) is 1. The third-order valence-corrected chi connectivity index (χ3v) is 3.31. The number of rotatable bonds is 3. The van der Waals surface area contributed by atoms with Gasteiger partial charge in [-0.05, 0) is 23.8 Å².